The summed E-state index contributed by atoms with van der Waals surface area (Å²) in [5, 5.41) is 10.7. The minimum absolute atomic E-state index is 0.000400. The van der Waals surface area contributed by atoms with E-state index in [0.717, 1.165) is 12.1 Å². The maximum Gasteiger partial charge on any atom is 0.433 e. The molecule has 6 aromatic heterocycles. The first-order chi connectivity index (χ1) is 35.6. The number of hydrogen-bond donors (Lipinski definition) is 1. The monoisotopic (exact) mass is 1140 g/mol. The zero-order chi connectivity index (χ0) is 55.9. The summed E-state index contributed by atoms with van der Waals surface area (Å²) in [5.74, 6) is -1.55. The Kier molecular flexibility index (Phi) is 17.6. The molecule has 0 aliphatic carbocycles. The molecule has 8 rings (SSSR count). The normalized spacial score (nSPS) is 18.2. The maximum absolute atomic E-state index is 13.4. The van der Waals surface area contributed by atoms with Gasteiger partial charge < -0.3 is 28.8 Å². The summed E-state index contributed by atoms with van der Waals surface area (Å²) in [4.78, 5) is 69.1. The average molecular weight is 1140 g/mol. The Morgan fingerprint density at radius 3 is 1.42 bits per heavy atom. The van der Waals surface area contributed by atoms with Crippen molar-refractivity contribution in [3.63, 3.8) is 0 Å². The molecule has 24 heteroatoms. The first kappa shape index (κ1) is 58.0. The first-order valence-corrected chi connectivity index (χ1v) is 25.8. The molecule has 2 amide bonds. The van der Waals surface area contributed by atoms with Crippen molar-refractivity contribution in [2.24, 2.45) is 37.8 Å². The van der Waals surface area contributed by atoms with Gasteiger partial charge in [-0.2, -0.15) is 26.3 Å². The van der Waals surface area contributed by atoms with Crippen LogP contribution in [0.2, 0.25) is 20.4 Å². The number of carbonyl (C=O) groups excluding carboxylic acids is 3. The first-order valence-electron chi connectivity index (χ1n) is 24.3. The Balaban J connectivity index is 0.000000221. The summed E-state index contributed by atoms with van der Waals surface area (Å²) in [7, 11) is 3.23. The second-order valence-corrected chi connectivity index (χ2v) is 21.0. The molecule has 1 N–H and O–H groups in total. The zero-order valence-corrected chi connectivity index (χ0v) is 45.4. The Morgan fingerprint density at radius 2 is 1.07 bits per heavy atom. The molecule has 2 saturated heterocycles. The molecular weight excluding hydrogens is 1090 g/mol. The summed E-state index contributed by atoms with van der Waals surface area (Å²) in [6.07, 6.45) is -4.65. The van der Waals surface area contributed by atoms with Gasteiger partial charge in [0.1, 0.15) is 33.0 Å². The lowest BCUT2D eigenvalue weighted by Gasteiger charge is -2.36. The van der Waals surface area contributed by atoms with Gasteiger partial charge in [0.15, 0.2) is 0 Å². The summed E-state index contributed by atoms with van der Waals surface area (Å²) in [5.41, 5.74) is 1.63. The van der Waals surface area contributed by atoms with Gasteiger partial charge in [-0.15, -0.1) is 0 Å². The molecule has 8 heterocycles. The fourth-order valence-electron chi connectivity index (χ4n) is 9.97. The number of carboxylic acids is 1. The Bertz CT molecular complexity index is 3240. The number of aryl methyl sites for hydroxylation is 4. The van der Waals surface area contributed by atoms with E-state index in [9.17, 15) is 45.5 Å². The minimum Gasteiger partial charge on any atom is -0.481 e. The van der Waals surface area contributed by atoms with E-state index >= 15 is 0 Å². The number of amides is 2. The van der Waals surface area contributed by atoms with Crippen LogP contribution in [0.1, 0.15) is 112 Å². The molecule has 76 heavy (non-hydrogen) atoms. The van der Waals surface area contributed by atoms with E-state index in [1.807, 2.05) is 13.8 Å². The number of aromatic nitrogens is 6. The molecule has 408 valence electrons. The standard InChI is InChI=1S/C27H29Cl2F3N4O3.C25H25Cl2F3N4O3/c1-5-39-22(37)9-16-6-7-36(13-15(16)3)26(38)20-12-33-24(29)19(23(20)28)11-17-10-18-14(2)8-21(27(30,31)32)34-25(18)35(17)4;1-12-6-19(25(28,29)30)32-23-16(12)8-15(33(23)3)9-17-21(26)18(10-31-22(17)27)24(37)34-5-4-14(7-20(35)36)13(2)11-34/h8,10,12,15-16H,5-7,9,11,13H2,1-4H3;6,8,10,13-14H,4-5,7,9,11H2,1-3H3,(H,35,36)/t15-,16-;13-,14-/m00/s1. The number of rotatable bonds is 11. The van der Waals surface area contributed by atoms with Crippen LogP contribution in [0.4, 0.5) is 26.3 Å². The van der Waals surface area contributed by atoms with Gasteiger partial charge >= 0.3 is 24.3 Å². The van der Waals surface area contributed by atoms with Crippen molar-refractivity contribution in [2.45, 2.75) is 85.5 Å². The van der Waals surface area contributed by atoms with Crippen LogP contribution in [0.3, 0.4) is 0 Å². The second kappa shape index (κ2) is 23.1. The second-order valence-electron chi connectivity index (χ2n) is 19.5. The molecule has 14 nitrogen and oxygen atoms in total. The number of pyridine rings is 4. The molecule has 0 radical (unpaired) electrons. The number of fused-ring (bicyclic) bond motifs is 2. The van der Waals surface area contributed by atoms with Crippen LogP contribution in [0, 0.1) is 37.5 Å². The molecule has 0 bridgehead atoms. The van der Waals surface area contributed by atoms with Gasteiger partial charge in [-0.3, -0.25) is 19.2 Å². The molecular formula is C52H54Cl4F6N8O6. The Hall–Kier alpha value is -5.70. The fraction of sp³-hybridized carbons (Fsp3) is 0.462. The lowest BCUT2D eigenvalue weighted by atomic mass is 9.84. The molecule has 0 spiro atoms. The molecule has 2 fully saturated rings. The number of carbonyl (C=O) groups is 4. The topological polar surface area (TPSA) is 166 Å². The van der Waals surface area contributed by atoms with Gasteiger partial charge in [-0.25, -0.2) is 19.9 Å². The summed E-state index contributed by atoms with van der Waals surface area (Å²) < 4.78 is 88.0. The van der Waals surface area contributed by atoms with Gasteiger partial charge in [0.25, 0.3) is 11.8 Å². The number of alkyl halides is 6. The van der Waals surface area contributed by atoms with E-state index in [2.05, 4.69) is 19.9 Å². The van der Waals surface area contributed by atoms with E-state index in [1.54, 1.807) is 65.9 Å². The number of piperidine rings is 2. The zero-order valence-electron chi connectivity index (χ0n) is 42.4. The van der Waals surface area contributed by atoms with Crippen LogP contribution in [-0.4, -0.2) is 101 Å². The van der Waals surface area contributed by atoms with Crippen molar-refractivity contribution in [1.82, 2.24) is 38.9 Å². The number of aliphatic carboxylic acids is 1. The van der Waals surface area contributed by atoms with Crippen LogP contribution >= 0.6 is 46.4 Å². The molecule has 6 aromatic rings. The molecule has 0 saturated carbocycles. The lowest BCUT2D eigenvalue weighted by Crippen LogP contribution is -2.43. The van der Waals surface area contributed by atoms with Crippen LogP contribution < -0.4 is 0 Å². The maximum atomic E-state index is 13.4. The highest BCUT2D eigenvalue weighted by Gasteiger charge is 2.37. The SMILES string of the molecule is CCOC(=O)C[C@@H]1CCN(C(=O)c2cnc(Cl)c(Cc3cc4c(C)cc(C(F)(F)F)nc4n3C)c2Cl)C[C@@H]1C.Cc1cc(C(F)(F)F)nc2c1cc(Cc1c(Cl)ncc(C(=O)N3CC[C@@H](CC(=O)O)[C@@H](C)C3)c1Cl)n2C. The van der Waals surface area contributed by atoms with Crippen LogP contribution in [0.5, 0.6) is 0 Å². The third-order valence-corrected chi connectivity index (χ3v) is 15.9. The number of hydrogen-bond acceptors (Lipinski definition) is 9. The van der Waals surface area contributed by atoms with Crippen LogP contribution in [0.15, 0.2) is 36.7 Å². The number of esters is 1. The highest BCUT2D eigenvalue weighted by molar-refractivity contribution is 6.38. The number of likely N-dealkylation sites (tertiary alicyclic amines) is 2. The van der Waals surface area contributed by atoms with Gasteiger partial charge in [0.05, 0.1) is 27.8 Å². The summed E-state index contributed by atoms with van der Waals surface area (Å²) >= 11 is 26.1. The Morgan fingerprint density at radius 1 is 0.671 bits per heavy atom. The van der Waals surface area contributed by atoms with Crippen molar-refractivity contribution in [1.29, 1.82) is 0 Å². The number of carboxylic acid groups (broad SMARTS) is 1. The fourth-order valence-corrected chi connectivity index (χ4v) is 11.1. The highest BCUT2D eigenvalue weighted by atomic mass is 35.5. The largest absolute Gasteiger partial charge is 0.481 e. The number of ether oxygens (including phenoxy) is 1. The third-order valence-electron chi connectivity index (χ3n) is 14.4. The molecule has 2 aliphatic heterocycles. The van der Waals surface area contributed by atoms with E-state index < -0.39 is 29.7 Å². The van der Waals surface area contributed by atoms with E-state index in [4.69, 9.17) is 56.2 Å². The van der Waals surface area contributed by atoms with Gasteiger partial charge in [-0.1, -0.05) is 60.3 Å². The lowest BCUT2D eigenvalue weighted by molar-refractivity contribution is -0.145. The number of nitrogens with zero attached hydrogens (tertiary/aromatic N) is 8. The van der Waals surface area contributed by atoms with Gasteiger partial charge in [0.2, 0.25) is 0 Å². The van der Waals surface area contributed by atoms with E-state index in [-0.39, 0.29) is 103 Å². The smallest absolute Gasteiger partial charge is 0.433 e. The quantitative estimate of drug-likeness (QED) is 0.0749. The highest BCUT2D eigenvalue weighted by Crippen LogP contribution is 2.38. The van der Waals surface area contributed by atoms with Crippen LogP contribution in [-0.2, 0) is 53.6 Å². The van der Waals surface area contributed by atoms with Crippen molar-refractivity contribution >= 4 is 92.2 Å². The minimum atomic E-state index is -4.58. The predicted molar refractivity (Wildman–Crippen MR) is 275 cm³/mol. The average Bonchev–Trinajstić information content (AvgIpc) is 3.84. The molecule has 2 aliphatic rings. The van der Waals surface area contributed by atoms with E-state index in [1.165, 1.54) is 12.4 Å². The molecule has 0 unspecified atom stereocenters. The van der Waals surface area contributed by atoms with Crippen molar-refractivity contribution in [2.75, 3.05) is 32.8 Å². The summed E-state index contributed by atoms with van der Waals surface area (Å²) in [6.45, 7) is 10.9. The third kappa shape index (κ3) is 12.5. The van der Waals surface area contributed by atoms with Gasteiger partial charge in [0, 0.05) is 112 Å². The number of halogens is 10. The molecule has 0 aromatic carbocycles. The van der Waals surface area contributed by atoms with Crippen molar-refractivity contribution < 1.29 is 55.4 Å². The Labute approximate surface area is 453 Å². The molecule has 4 atom stereocenters. The van der Waals surface area contributed by atoms with E-state index in [0.29, 0.717) is 96.5 Å². The van der Waals surface area contributed by atoms with Crippen LogP contribution in [0.25, 0.3) is 22.1 Å². The summed E-state index contributed by atoms with van der Waals surface area (Å²) in [6, 6.07) is 5.50. The predicted octanol–water partition coefficient (Wildman–Crippen LogP) is 12.0. The van der Waals surface area contributed by atoms with Gasteiger partial charge in [-0.05, 0) is 92.7 Å². The van der Waals surface area contributed by atoms with Crippen molar-refractivity contribution in [3.05, 3.63) is 113 Å². The van der Waals surface area contributed by atoms with Crippen molar-refractivity contribution in [3.8, 4) is 0 Å².